The molecule has 0 atom stereocenters. The number of esters is 1. The minimum Gasteiger partial charge on any atom is -0.480 e. The number of rotatable bonds is 5. The van der Waals surface area contributed by atoms with Gasteiger partial charge in [-0.1, -0.05) is 27.5 Å². The number of hydrogen-bond acceptors (Lipinski definition) is 8. The fraction of sp³-hybridized carbons (Fsp3) is 0.231. The molecule has 1 aromatic carbocycles. The lowest BCUT2D eigenvalue weighted by atomic mass is 10.2. The number of aromatic nitrogens is 3. The van der Waals surface area contributed by atoms with Crippen LogP contribution in [0.1, 0.15) is 11.4 Å². The van der Waals surface area contributed by atoms with Crippen LogP contribution in [-0.2, 0) is 16.1 Å². The number of carbonyl (C=O) groups is 1. The molecule has 2 aromatic rings. The van der Waals surface area contributed by atoms with Gasteiger partial charge in [-0.15, -0.1) is 0 Å². The summed E-state index contributed by atoms with van der Waals surface area (Å²) in [6, 6.07) is 3.49. The summed E-state index contributed by atoms with van der Waals surface area (Å²) in [6.45, 7) is 1.32. The second kappa shape index (κ2) is 7.42. The quantitative estimate of drug-likeness (QED) is 0.726. The predicted molar refractivity (Wildman–Crippen MR) is 87.8 cm³/mol. The molecule has 2 rings (SSSR count). The number of nitrogens with zero attached hydrogens (tertiary/aromatic N) is 3. The van der Waals surface area contributed by atoms with Gasteiger partial charge in [0.15, 0.2) is 19.0 Å². The van der Waals surface area contributed by atoms with Gasteiger partial charge in [0.05, 0.1) is 5.02 Å². The molecule has 0 aliphatic carbocycles. The highest BCUT2D eigenvalue weighted by Gasteiger charge is 2.12. The van der Waals surface area contributed by atoms with Crippen molar-refractivity contribution in [2.24, 2.45) is 0 Å². The summed E-state index contributed by atoms with van der Waals surface area (Å²) in [7, 11) is 0. The van der Waals surface area contributed by atoms with E-state index in [2.05, 4.69) is 30.9 Å². The van der Waals surface area contributed by atoms with E-state index in [0.29, 0.717) is 10.8 Å². The van der Waals surface area contributed by atoms with E-state index in [9.17, 15) is 4.79 Å². The van der Waals surface area contributed by atoms with Crippen LogP contribution >= 0.6 is 27.5 Å². The second-order valence-electron chi connectivity index (χ2n) is 4.45. The van der Waals surface area contributed by atoms with Crippen LogP contribution in [0.4, 0.5) is 11.9 Å². The zero-order chi connectivity index (χ0) is 17.0. The Kier molecular flexibility index (Phi) is 5.56. The van der Waals surface area contributed by atoms with Crippen LogP contribution in [0.2, 0.25) is 5.02 Å². The van der Waals surface area contributed by atoms with Crippen molar-refractivity contribution < 1.29 is 14.3 Å². The minimum atomic E-state index is -0.610. The summed E-state index contributed by atoms with van der Waals surface area (Å²) in [6.07, 6.45) is 0. The zero-order valence-electron chi connectivity index (χ0n) is 12.0. The van der Waals surface area contributed by atoms with Crippen molar-refractivity contribution in [2.45, 2.75) is 13.5 Å². The summed E-state index contributed by atoms with van der Waals surface area (Å²) in [5.74, 6) is -0.128. The van der Waals surface area contributed by atoms with Gasteiger partial charge in [-0.3, -0.25) is 0 Å². The molecule has 0 aliphatic heterocycles. The summed E-state index contributed by atoms with van der Waals surface area (Å²) in [5.41, 5.74) is 11.6. The lowest BCUT2D eigenvalue weighted by molar-refractivity contribution is -0.147. The highest BCUT2D eigenvalue weighted by Crippen LogP contribution is 2.31. The molecule has 0 aliphatic rings. The molecule has 0 bridgehead atoms. The van der Waals surface area contributed by atoms with Gasteiger partial charge in [-0.05, 0) is 24.6 Å². The number of carbonyl (C=O) groups excluding carboxylic acids is 1. The second-order valence-corrected chi connectivity index (χ2v) is 5.77. The van der Waals surface area contributed by atoms with Gasteiger partial charge < -0.3 is 20.9 Å². The topological polar surface area (TPSA) is 126 Å². The summed E-state index contributed by atoms with van der Waals surface area (Å²) in [4.78, 5) is 22.9. The van der Waals surface area contributed by atoms with Crippen LogP contribution in [0.3, 0.4) is 0 Å². The van der Waals surface area contributed by atoms with Crippen LogP contribution in [0.5, 0.6) is 5.75 Å². The van der Waals surface area contributed by atoms with Gasteiger partial charge in [0, 0.05) is 4.47 Å². The van der Waals surface area contributed by atoms with Gasteiger partial charge in [0.1, 0.15) is 5.75 Å². The van der Waals surface area contributed by atoms with E-state index >= 15 is 0 Å². The van der Waals surface area contributed by atoms with Gasteiger partial charge in [-0.25, -0.2) is 4.79 Å². The normalized spacial score (nSPS) is 10.4. The lowest BCUT2D eigenvalue weighted by Gasteiger charge is -2.11. The molecule has 0 amide bonds. The standard InChI is InChI=1S/C13H13BrClN5O3/c1-6-2-7(14)3-8(15)11(6)23-5-10(21)22-4-9-18-12(16)20-13(17)19-9/h2-3H,4-5H2,1H3,(H4,16,17,18,19,20). The SMILES string of the molecule is Cc1cc(Br)cc(Cl)c1OCC(=O)OCc1nc(N)nc(N)n1. The van der Waals surface area contributed by atoms with Crippen LogP contribution < -0.4 is 16.2 Å². The summed E-state index contributed by atoms with van der Waals surface area (Å²) >= 11 is 9.38. The smallest absolute Gasteiger partial charge is 0.344 e. The Bertz CT molecular complexity index is 700. The maximum Gasteiger partial charge on any atom is 0.344 e. The molecule has 122 valence electrons. The Hall–Kier alpha value is -2.13. The first-order valence-electron chi connectivity index (χ1n) is 6.35. The molecular weight excluding hydrogens is 390 g/mol. The number of halogens is 2. The number of ether oxygens (including phenoxy) is 2. The van der Waals surface area contributed by atoms with Gasteiger partial charge in [0.25, 0.3) is 0 Å². The average Bonchev–Trinajstić information content (AvgIpc) is 2.43. The van der Waals surface area contributed by atoms with Crippen LogP contribution in [0.25, 0.3) is 0 Å². The maximum absolute atomic E-state index is 11.7. The molecule has 0 spiro atoms. The minimum absolute atomic E-state index is 0.0444. The molecule has 0 unspecified atom stereocenters. The van der Waals surface area contributed by atoms with E-state index in [4.69, 9.17) is 32.5 Å². The van der Waals surface area contributed by atoms with Crippen LogP contribution in [0.15, 0.2) is 16.6 Å². The van der Waals surface area contributed by atoms with Crippen molar-refractivity contribution in [3.05, 3.63) is 33.0 Å². The molecule has 0 saturated carbocycles. The van der Waals surface area contributed by atoms with Crippen molar-refractivity contribution in [2.75, 3.05) is 18.1 Å². The Morgan fingerprint density at radius 1 is 1.26 bits per heavy atom. The number of nitrogens with two attached hydrogens (primary N) is 2. The highest BCUT2D eigenvalue weighted by atomic mass is 79.9. The van der Waals surface area contributed by atoms with E-state index in [1.807, 2.05) is 13.0 Å². The molecule has 0 fully saturated rings. The first-order chi connectivity index (χ1) is 10.8. The number of aryl methyl sites for hydroxylation is 1. The van der Waals surface area contributed by atoms with E-state index in [-0.39, 0.29) is 30.9 Å². The number of anilines is 2. The molecule has 0 radical (unpaired) electrons. The molecular formula is C13H13BrClN5O3. The van der Waals surface area contributed by atoms with Crippen molar-refractivity contribution in [1.29, 1.82) is 0 Å². The summed E-state index contributed by atoms with van der Waals surface area (Å²) in [5, 5.41) is 0.391. The lowest BCUT2D eigenvalue weighted by Crippen LogP contribution is -2.17. The third kappa shape index (κ3) is 4.93. The number of nitrogen functional groups attached to an aromatic ring is 2. The summed E-state index contributed by atoms with van der Waals surface area (Å²) < 4.78 is 11.2. The Labute approximate surface area is 145 Å². The molecule has 23 heavy (non-hydrogen) atoms. The zero-order valence-corrected chi connectivity index (χ0v) is 14.4. The fourth-order valence-corrected chi connectivity index (χ4v) is 2.74. The van der Waals surface area contributed by atoms with Gasteiger partial charge in [0.2, 0.25) is 11.9 Å². The maximum atomic E-state index is 11.7. The molecule has 10 heteroatoms. The van der Waals surface area contributed by atoms with E-state index in [1.165, 1.54) is 0 Å². The van der Waals surface area contributed by atoms with Crippen molar-refractivity contribution in [3.63, 3.8) is 0 Å². The van der Waals surface area contributed by atoms with Gasteiger partial charge >= 0.3 is 5.97 Å². The monoisotopic (exact) mass is 401 g/mol. The van der Waals surface area contributed by atoms with Crippen molar-refractivity contribution in [1.82, 2.24) is 15.0 Å². The molecule has 1 aromatic heterocycles. The van der Waals surface area contributed by atoms with Gasteiger partial charge in [-0.2, -0.15) is 15.0 Å². The highest BCUT2D eigenvalue weighted by molar-refractivity contribution is 9.10. The third-order valence-corrected chi connectivity index (χ3v) is 3.35. The van der Waals surface area contributed by atoms with Crippen molar-refractivity contribution in [3.8, 4) is 5.75 Å². The Balaban J connectivity index is 1.91. The van der Waals surface area contributed by atoms with E-state index in [0.717, 1.165) is 10.0 Å². The number of hydrogen-bond donors (Lipinski definition) is 2. The Morgan fingerprint density at radius 3 is 2.52 bits per heavy atom. The molecule has 0 saturated heterocycles. The van der Waals surface area contributed by atoms with Crippen molar-refractivity contribution >= 4 is 45.4 Å². The Morgan fingerprint density at radius 2 is 1.91 bits per heavy atom. The fourth-order valence-electron chi connectivity index (χ4n) is 1.71. The average molecular weight is 403 g/mol. The molecule has 8 nitrogen and oxygen atoms in total. The van der Waals surface area contributed by atoms with E-state index in [1.54, 1.807) is 6.07 Å². The molecule has 1 heterocycles. The third-order valence-electron chi connectivity index (χ3n) is 2.61. The first kappa shape index (κ1) is 17.2. The van der Waals surface area contributed by atoms with Crippen LogP contribution in [-0.4, -0.2) is 27.5 Å². The predicted octanol–water partition coefficient (Wildman–Crippen LogP) is 1.88. The van der Waals surface area contributed by atoms with Crippen LogP contribution in [0, 0.1) is 6.92 Å². The molecule has 4 N–H and O–H groups in total. The first-order valence-corrected chi connectivity index (χ1v) is 7.52. The number of benzene rings is 1. The largest absolute Gasteiger partial charge is 0.480 e. The van der Waals surface area contributed by atoms with E-state index < -0.39 is 5.97 Å².